The molecule has 224 valence electrons. The van der Waals surface area contributed by atoms with Crippen molar-refractivity contribution >= 4 is 28.2 Å². The number of anilines is 1. The van der Waals surface area contributed by atoms with Gasteiger partial charge in [0.25, 0.3) is 5.56 Å². The van der Waals surface area contributed by atoms with Crippen LogP contribution in [0.4, 0.5) is 10.1 Å². The van der Waals surface area contributed by atoms with Crippen LogP contribution in [-0.4, -0.2) is 69.3 Å². The van der Waals surface area contributed by atoms with E-state index in [1.54, 1.807) is 12.3 Å². The van der Waals surface area contributed by atoms with Crippen LogP contribution in [0.3, 0.4) is 0 Å². The molecule has 0 bridgehead atoms. The molecule has 1 aromatic carbocycles. The highest BCUT2D eigenvalue weighted by atomic mass is 35.5. The molecule has 3 aromatic rings. The van der Waals surface area contributed by atoms with Crippen LogP contribution in [0.15, 0.2) is 29.2 Å². The zero-order chi connectivity index (χ0) is 29.2. The molecule has 3 aliphatic heterocycles. The number of phenolic OH excluding ortho intramolecular Hbond substituents is 1. The number of hydrogen-bond donors (Lipinski definition) is 1. The molecule has 4 atom stereocenters. The van der Waals surface area contributed by atoms with Crippen LogP contribution in [0.25, 0.3) is 16.6 Å². The van der Waals surface area contributed by atoms with Gasteiger partial charge in [-0.05, 0) is 74.5 Å². The number of hydrogen-bond acceptors (Lipinski definition) is 7. The molecular weight excluding hydrogens is 557 g/mol. The maximum Gasteiger partial charge on any atom is 0.298 e. The van der Waals surface area contributed by atoms with Crippen LogP contribution in [0.2, 0.25) is 5.02 Å². The Morgan fingerprint density at radius 2 is 1.86 bits per heavy atom. The van der Waals surface area contributed by atoms with E-state index in [0.29, 0.717) is 53.4 Å². The number of phenols is 1. The number of halogens is 2. The fourth-order valence-corrected chi connectivity index (χ4v) is 7.92. The van der Waals surface area contributed by atoms with E-state index in [1.807, 2.05) is 6.07 Å². The molecule has 1 N–H and O–H groups in total. The summed E-state index contributed by atoms with van der Waals surface area (Å²) in [6, 6.07) is 5.02. The summed E-state index contributed by atoms with van der Waals surface area (Å²) in [4.78, 5) is 23.5. The lowest BCUT2D eigenvalue weighted by Crippen LogP contribution is -2.43. The summed E-state index contributed by atoms with van der Waals surface area (Å²) >= 11 is 6.57. The average Bonchev–Trinajstić information content (AvgIpc) is 3.66. The molecule has 4 aliphatic rings. The molecule has 0 radical (unpaired) electrons. The van der Waals surface area contributed by atoms with Gasteiger partial charge in [-0.15, -0.1) is 0 Å². The first-order valence-corrected chi connectivity index (χ1v) is 15.8. The van der Waals surface area contributed by atoms with E-state index in [9.17, 15) is 14.3 Å². The first-order chi connectivity index (χ1) is 20.2. The van der Waals surface area contributed by atoms with Gasteiger partial charge in [0.1, 0.15) is 24.0 Å². The van der Waals surface area contributed by atoms with Crippen molar-refractivity contribution in [3.63, 3.8) is 0 Å². The molecule has 42 heavy (non-hydrogen) atoms. The van der Waals surface area contributed by atoms with E-state index in [-0.39, 0.29) is 28.3 Å². The molecular formula is C32H39ClFN5O3. The molecule has 10 heteroatoms. The predicted octanol–water partition coefficient (Wildman–Crippen LogP) is 5.84. The predicted molar refractivity (Wildman–Crippen MR) is 162 cm³/mol. The standard InChI is InChI=1S/C32H39ClFN5O3/c1-19-4-5-20(2)16-37(15-19)26-12-28(42-18-32-8-3-9-38(32)17-22(34)13-32)36-30-24(26)14-35-39(31(30)41)27-11-23(40)10-25(33)29(27)21-6-7-21/h10-12,14,19-22,40H,3-9,13,15-18H2,1-2H3/t19?,20?,22-,32+/m1/s1. The van der Waals surface area contributed by atoms with Gasteiger partial charge in [-0.1, -0.05) is 25.4 Å². The number of aromatic nitrogens is 3. The highest BCUT2D eigenvalue weighted by Gasteiger charge is 2.49. The lowest BCUT2D eigenvalue weighted by molar-refractivity contribution is 0.111. The number of pyridine rings is 1. The number of nitrogens with zero attached hydrogens (tertiary/aromatic N) is 5. The smallest absolute Gasteiger partial charge is 0.298 e. The Kier molecular flexibility index (Phi) is 7.08. The van der Waals surface area contributed by atoms with Crippen LogP contribution in [-0.2, 0) is 0 Å². The number of ether oxygens (including phenoxy) is 1. The van der Waals surface area contributed by atoms with Gasteiger partial charge in [-0.3, -0.25) is 9.69 Å². The monoisotopic (exact) mass is 595 g/mol. The summed E-state index contributed by atoms with van der Waals surface area (Å²) in [5.74, 6) is 1.58. The third-order valence-corrected chi connectivity index (χ3v) is 10.1. The van der Waals surface area contributed by atoms with Crippen molar-refractivity contribution in [1.29, 1.82) is 0 Å². The highest BCUT2D eigenvalue weighted by Crippen LogP contribution is 2.47. The van der Waals surface area contributed by atoms with E-state index in [0.717, 1.165) is 69.4 Å². The number of fused-ring (bicyclic) bond motifs is 2. The Balaban J connectivity index is 1.35. The summed E-state index contributed by atoms with van der Waals surface area (Å²) < 4.78 is 22.2. The van der Waals surface area contributed by atoms with Crippen molar-refractivity contribution in [2.24, 2.45) is 11.8 Å². The fraction of sp³-hybridized carbons (Fsp3) is 0.594. The van der Waals surface area contributed by atoms with E-state index < -0.39 is 6.17 Å². The first kappa shape index (κ1) is 27.9. The molecule has 5 heterocycles. The van der Waals surface area contributed by atoms with E-state index in [2.05, 4.69) is 28.7 Å². The molecule has 2 unspecified atom stereocenters. The Morgan fingerprint density at radius 3 is 2.60 bits per heavy atom. The second-order valence-corrected chi connectivity index (χ2v) is 13.7. The summed E-state index contributed by atoms with van der Waals surface area (Å²) in [7, 11) is 0. The SMILES string of the molecule is CC1CCC(C)CN(c2cc(OC[C@@]34CCCN3C[C@H](F)C4)nc3c(=O)n(-c4cc(O)cc(Cl)c4C4CC4)ncc23)C1. The van der Waals surface area contributed by atoms with Gasteiger partial charge in [-0.25, -0.2) is 9.37 Å². The van der Waals surface area contributed by atoms with Gasteiger partial charge in [0.15, 0.2) is 0 Å². The van der Waals surface area contributed by atoms with Gasteiger partial charge in [0.05, 0.1) is 23.1 Å². The zero-order valence-electron chi connectivity index (χ0n) is 24.4. The Labute approximate surface area is 250 Å². The molecule has 7 rings (SSSR count). The minimum Gasteiger partial charge on any atom is -0.508 e. The second-order valence-electron chi connectivity index (χ2n) is 13.3. The molecule has 0 spiro atoms. The highest BCUT2D eigenvalue weighted by molar-refractivity contribution is 6.32. The number of alkyl halides is 1. The minimum atomic E-state index is -0.845. The number of aromatic hydroxyl groups is 1. The van der Waals surface area contributed by atoms with E-state index >= 15 is 0 Å². The first-order valence-electron chi connectivity index (χ1n) is 15.4. The minimum absolute atomic E-state index is 0.0189. The van der Waals surface area contributed by atoms with Gasteiger partial charge in [0, 0.05) is 48.6 Å². The van der Waals surface area contributed by atoms with Gasteiger partial charge < -0.3 is 14.7 Å². The van der Waals surface area contributed by atoms with E-state index in [1.165, 1.54) is 10.7 Å². The Hall–Kier alpha value is -2.91. The van der Waals surface area contributed by atoms with Crippen LogP contribution < -0.4 is 15.2 Å². The Morgan fingerprint density at radius 1 is 1.10 bits per heavy atom. The van der Waals surface area contributed by atoms with Gasteiger partial charge in [-0.2, -0.15) is 9.78 Å². The van der Waals surface area contributed by atoms with Crippen molar-refractivity contribution in [1.82, 2.24) is 19.7 Å². The normalized spacial score (nSPS) is 28.3. The summed E-state index contributed by atoms with van der Waals surface area (Å²) in [6.45, 7) is 7.94. The van der Waals surface area contributed by atoms with Crippen molar-refractivity contribution < 1.29 is 14.2 Å². The zero-order valence-corrected chi connectivity index (χ0v) is 25.1. The van der Waals surface area contributed by atoms with Crippen LogP contribution in [0, 0.1) is 11.8 Å². The van der Waals surface area contributed by atoms with Crippen molar-refractivity contribution in [3.05, 3.63) is 45.3 Å². The number of benzene rings is 1. The topological polar surface area (TPSA) is 83.7 Å². The van der Waals surface area contributed by atoms with Crippen LogP contribution >= 0.6 is 11.6 Å². The van der Waals surface area contributed by atoms with E-state index in [4.69, 9.17) is 21.3 Å². The molecule has 3 saturated heterocycles. The van der Waals surface area contributed by atoms with Crippen LogP contribution in [0.5, 0.6) is 11.6 Å². The molecule has 1 aliphatic carbocycles. The fourth-order valence-electron chi connectivity index (χ4n) is 7.56. The molecule has 1 saturated carbocycles. The lowest BCUT2D eigenvalue weighted by atomic mass is 9.95. The second kappa shape index (κ2) is 10.7. The maximum absolute atomic E-state index is 14.5. The summed E-state index contributed by atoms with van der Waals surface area (Å²) in [5, 5.41) is 16.1. The third kappa shape index (κ3) is 5.02. The quantitative estimate of drug-likeness (QED) is 0.383. The molecule has 2 aromatic heterocycles. The van der Waals surface area contributed by atoms with Gasteiger partial charge >= 0.3 is 0 Å². The lowest BCUT2D eigenvalue weighted by Gasteiger charge is -2.31. The molecule has 4 fully saturated rings. The molecule has 0 amide bonds. The Bertz CT molecular complexity index is 1570. The van der Waals surface area contributed by atoms with Crippen LogP contribution in [0.1, 0.15) is 70.3 Å². The summed E-state index contributed by atoms with van der Waals surface area (Å²) in [6.07, 6.45) is 7.51. The van der Waals surface area contributed by atoms with Gasteiger partial charge in [0.2, 0.25) is 5.88 Å². The summed E-state index contributed by atoms with van der Waals surface area (Å²) in [5.41, 5.74) is 1.76. The average molecular weight is 596 g/mol. The third-order valence-electron chi connectivity index (χ3n) is 9.82. The van der Waals surface area contributed by atoms with Crippen molar-refractivity contribution in [2.75, 3.05) is 37.7 Å². The molecule has 8 nitrogen and oxygen atoms in total. The number of rotatable bonds is 6. The van der Waals surface area contributed by atoms with Crippen molar-refractivity contribution in [3.8, 4) is 17.3 Å². The van der Waals surface area contributed by atoms with Crippen molar-refractivity contribution in [2.45, 2.75) is 76.4 Å². The maximum atomic E-state index is 14.5. The largest absolute Gasteiger partial charge is 0.508 e.